The second-order valence-electron chi connectivity index (χ2n) is 4.15. The number of benzene rings is 1. The number of halogens is 1. The summed E-state index contributed by atoms with van der Waals surface area (Å²) in [5, 5.41) is 8.73. The molecule has 104 valence electrons. The Morgan fingerprint density at radius 1 is 1.45 bits per heavy atom. The van der Waals surface area contributed by atoms with Gasteiger partial charge in [-0.3, -0.25) is 4.72 Å². The highest BCUT2D eigenvalue weighted by Gasteiger charge is 2.19. The van der Waals surface area contributed by atoms with E-state index >= 15 is 0 Å². The molecule has 1 N–H and O–H groups in total. The SMILES string of the molecule is Cc1nc(S(=O)(=O)Nc2ccc(C#N)cc2Br)cn1C. The lowest BCUT2D eigenvalue weighted by Gasteiger charge is -2.07. The van der Waals surface area contributed by atoms with E-state index in [1.54, 1.807) is 24.6 Å². The van der Waals surface area contributed by atoms with Crippen LogP contribution in [0.2, 0.25) is 0 Å². The fourth-order valence-electron chi connectivity index (χ4n) is 1.52. The molecule has 0 saturated carbocycles. The Balaban J connectivity index is 2.36. The van der Waals surface area contributed by atoms with Gasteiger partial charge in [0.05, 0.1) is 17.3 Å². The lowest BCUT2D eigenvalue weighted by Crippen LogP contribution is -2.13. The first-order valence-electron chi connectivity index (χ1n) is 5.56. The van der Waals surface area contributed by atoms with Crippen LogP contribution in [-0.4, -0.2) is 18.0 Å². The number of aryl methyl sites for hydroxylation is 2. The number of nitrogens with zero attached hydrogens (tertiary/aromatic N) is 3. The highest BCUT2D eigenvalue weighted by atomic mass is 79.9. The molecule has 0 spiro atoms. The monoisotopic (exact) mass is 354 g/mol. The molecule has 0 aliphatic carbocycles. The summed E-state index contributed by atoms with van der Waals surface area (Å²) in [6.45, 7) is 1.72. The molecule has 1 heterocycles. The number of nitrogens with one attached hydrogen (secondary N) is 1. The molecule has 8 heteroatoms. The van der Waals surface area contributed by atoms with Crippen molar-refractivity contribution in [2.75, 3.05) is 4.72 Å². The van der Waals surface area contributed by atoms with Gasteiger partial charge in [-0.05, 0) is 41.1 Å². The topological polar surface area (TPSA) is 87.8 Å². The minimum absolute atomic E-state index is 0.0474. The van der Waals surface area contributed by atoms with Crippen LogP contribution in [0.3, 0.4) is 0 Å². The summed E-state index contributed by atoms with van der Waals surface area (Å²) in [6, 6.07) is 6.58. The lowest BCUT2D eigenvalue weighted by atomic mass is 10.2. The van der Waals surface area contributed by atoms with Crippen LogP contribution in [0.15, 0.2) is 33.9 Å². The molecular weight excluding hydrogens is 344 g/mol. The predicted octanol–water partition coefficient (Wildman–Crippen LogP) is 2.16. The van der Waals surface area contributed by atoms with Crippen LogP contribution >= 0.6 is 15.9 Å². The standard InChI is InChI=1S/C12H11BrN4O2S/c1-8-15-12(7-17(8)2)20(18,19)16-11-4-3-9(6-14)5-10(11)13/h3-5,7,16H,1-2H3. The van der Waals surface area contributed by atoms with Crippen LogP contribution < -0.4 is 4.72 Å². The van der Waals surface area contributed by atoms with Gasteiger partial charge < -0.3 is 4.57 Å². The lowest BCUT2D eigenvalue weighted by molar-refractivity contribution is 0.598. The summed E-state index contributed by atoms with van der Waals surface area (Å²) < 4.78 is 29.0. The molecule has 20 heavy (non-hydrogen) atoms. The summed E-state index contributed by atoms with van der Waals surface area (Å²) in [6.07, 6.45) is 1.44. The zero-order valence-electron chi connectivity index (χ0n) is 10.8. The van der Waals surface area contributed by atoms with Gasteiger partial charge in [0.1, 0.15) is 5.82 Å². The Labute approximate surface area is 125 Å². The van der Waals surface area contributed by atoms with Gasteiger partial charge in [0.15, 0.2) is 5.03 Å². The first-order chi connectivity index (χ1) is 9.33. The van der Waals surface area contributed by atoms with Crippen molar-refractivity contribution < 1.29 is 8.42 Å². The van der Waals surface area contributed by atoms with Gasteiger partial charge in [-0.25, -0.2) is 4.98 Å². The number of rotatable bonds is 3. The molecule has 0 bridgehead atoms. The Hall–Kier alpha value is -1.85. The van der Waals surface area contributed by atoms with Crippen molar-refractivity contribution in [3.05, 3.63) is 40.3 Å². The highest BCUT2D eigenvalue weighted by Crippen LogP contribution is 2.25. The van der Waals surface area contributed by atoms with Gasteiger partial charge in [-0.15, -0.1) is 0 Å². The van der Waals surface area contributed by atoms with Crippen molar-refractivity contribution in [2.45, 2.75) is 11.9 Å². The smallest absolute Gasteiger partial charge is 0.280 e. The second-order valence-corrected chi connectivity index (χ2v) is 6.63. The maximum absolute atomic E-state index is 12.2. The molecule has 0 unspecified atom stereocenters. The Morgan fingerprint density at radius 3 is 2.65 bits per heavy atom. The third kappa shape index (κ3) is 2.84. The molecular formula is C12H11BrN4O2S. The van der Waals surface area contributed by atoms with E-state index in [2.05, 4.69) is 25.6 Å². The van der Waals surface area contributed by atoms with Gasteiger partial charge >= 0.3 is 0 Å². The van der Waals surface area contributed by atoms with E-state index in [4.69, 9.17) is 5.26 Å². The van der Waals surface area contributed by atoms with E-state index in [-0.39, 0.29) is 5.03 Å². The summed E-state index contributed by atoms with van der Waals surface area (Å²) >= 11 is 3.23. The maximum atomic E-state index is 12.2. The first kappa shape index (κ1) is 14.6. The second kappa shape index (κ2) is 5.26. The summed E-state index contributed by atoms with van der Waals surface area (Å²) in [5.74, 6) is 0.601. The largest absolute Gasteiger partial charge is 0.337 e. The van der Waals surface area contributed by atoms with Crippen LogP contribution in [-0.2, 0) is 17.1 Å². The van der Waals surface area contributed by atoms with Gasteiger partial charge in [0.25, 0.3) is 10.0 Å². The number of hydrogen-bond donors (Lipinski definition) is 1. The molecule has 0 aliphatic heterocycles. The van der Waals surface area contributed by atoms with Gasteiger partial charge in [0, 0.05) is 17.7 Å². The maximum Gasteiger partial charge on any atom is 0.280 e. The normalized spacial score (nSPS) is 11.1. The van der Waals surface area contributed by atoms with Gasteiger partial charge in [-0.1, -0.05) is 0 Å². The van der Waals surface area contributed by atoms with E-state index in [1.807, 2.05) is 6.07 Å². The van der Waals surface area contributed by atoms with Crippen molar-refractivity contribution in [1.82, 2.24) is 9.55 Å². The van der Waals surface area contributed by atoms with E-state index in [0.29, 0.717) is 21.5 Å². The van der Waals surface area contributed by atoms with E-state index in [1.165, 1.54) is 18.3 Å². The first-order valence-corrected chi connectivity index (χ1v) is 7.83. The average molecular weight is 355 g/mol. The van der Waals surface area contributed by atoms with E-state index in [0.717, 1.165) is 0 Å². The van der Waals surface area contributed by atoms with Crippen LogP contribution in [0.5, 0.6) is 0 Å². The highest BCUT2D eigenvalue weighted by molar-refractivity contribution is 9.10. The summed E-state index contributed by atoms with van der Waals surface area (Å²) in [7, 11) is -2.03. The minimum atomic E-state index is -3.75. The Kier molecular flexibility index (Phi) is 3.83. The molecule has 2 rings (SSSR count). The number of anilines is 1. The fourth-order valence-corrected chi connectivity index (χ4v) is 3.25. The molecule has 1 aromatic carbocycles. The number of sulfonamides is 1. The molecule has 0 amide bonds. The summed E-state index contributed by atoms with van der Waals surface area (Å²) in [5.41, 5.74) is 0.792. The Morgan fingerprint density at radius 2 is 2.15 bits per heavy atom. The third-order valence-electron chi connectivity index (χ3n) is 2.70. The third-order valence-corrected chi connectivity index (χ3v) is 4.60. The molecule has 0 atom stereocenters. The minimum Gasteiger partial charge on any atom is -0.337 e. The molecule has 0 fully saturated rings. The quantitative estimate of drug-likeness (QED) is 0.914. The zero-order valence-corrected chi connectivity index (χ0v) is 13.2. The van der Waals surface area contributed by atoms with Crippen molar-refractivity contribution in [3.8, 4) is 6.07 Å². The number of imidazole rings is 1. The number of aromatic nitrogens is 2. The van der Waals surface area contributed by atoms with Crippen molar-refractivity contribution in [1.29, 1.82) is 5.26 Å². The van der Waals surface area contributed by atoms with E-state index < -0.39 is 10.0 Å². The number of hydrogen-bond acceptors (Lipinski definition) is 4. The van der Waals surface area contributed by atoms with Crippen molar-refractivity contribution in [2.24, 2.45) is 7.05 Å². The fraction of sp³-hybridized carbons (Fsp3) is 0.167. The average Bonchev–Trinajstić information content (AvgIpc) is 2.73. The molecule has 1 aromatic heterocycles. The Bertz CT molecular complexity index is 786. The predicted molar refractivity (Wildman–Crippen MR) is 77.6 cm³/mol. The number of nitriles is 1. The van der Waals surface area contributed by atoms with Crippen LogP contribution in [0.1, 0.15) is 11.4 Å². The molecule has 0 saturated heterocycles. The molecule has 0 aliphatic rings. The van der Waals surface area contributed by atoms with Crippen molar-refractivity contribution in [3.63, 3.8) is 0 Å². The van der Waals surface area contributed by atoms with E-state index in [9.17, 15) is 8.42 Å². The van der Waals surface area contributed by atoms with Crippen LogP contribution in [0.25, 0.3) is 0 Å². The zero-order chi connectivity index (χ0) is 14.9. The van der Waals surface area contributed by atoms with Crippen LogP contribution in [0.4, 0.5) is 5.69 Å². The van der Waals surface area contributed by atoms with Crippen LogP contribution in [0, 0.1) is 18.3 Å². The summed E-state index contributed by atoms with van der Waals surface area (Å²) in [4.78, 5) is 3.99. The molecule has 6 nitrogen and oxygen atoms in total. The van der Waals surface area contributed by atoms with Gasteiger partial charge in [-0.2, -0.15) is 13.7 Å². The molecule has 0 radical (unpaired) electrons. The molecule has 2 aromatic rings. The van der Waals surface area contributed by atoms with Gasteiger partial charge in [0.2, 0.25) is 0 Å². The van der Waals surface area contributed by atoms with Crippen molar-refractivity contribution >= 4 is 31.6 Å².